The van der Waals surface area contributed by atoms with E-state index in [4.69, 9.17) is 9.47 Å². The third-order valence-electron chi connectivity index (χ3n) is 5.82. The van der Waals surface area contributed by atoms with Crippen molar-refractivity contribution in [2.75, 3.05) is 13.2 Å². The Kier molecular flexibility index (Phi) is 12.5. The van der Waals surface area contributed by atoms with E-state index in [1.54, 1.807) is 27.7 Å². The number of benzene rings is 1. The molecule has 2 atom stereocenters. The predicted molar refractivity (Wildman–Crippen MR) is 152 cm³/mol. The normalized spacial score (nSPS) is 13.3. The first-order valence-electron chi connectivity index (χ1n) is 13.7. The average Bonchev–Trinajstić information content (AvgIpc) is 2.74. The van der Waals surface area contributed by atoms with Crippen LogP contribution in [0.2, 0.25) is 0 Å². The summed E-state index contributed by atoms with van der Waals surface area (Å²) in [6.07, 6.45) is -0.328. The molecule has 0 spiro atoms. The minimum atomic E-state index is -1.00. The molecule has 2 N–H and O–H groups in total. The van der Waals surface area contributed by atoms with E-state index in [0.717, 1.165) is 11.1 Å². The van der Waals surface area contributed by atoms with Crippen LogP contribution in [0.5, 0.6) is 0 Å². The molecule has 9 heteroatoms. The van der Waals surface area contributed by atoms with Crippen LogP contribution in [-0.2, 0) is 23.9 Å². The number of rotatable bonds is 11. The van der Waals surface area contributed by atoms with Crippen molar-refractivity contribution in [3.63, 3.8) is 0 Å². The summed E-state index contributed by atoms with van der Waals surface area (Å²) in [4.78, 5) is 54.2. The Morgan fingerprint density at radius 1 is 1.00 bits per heavy atom. The minimum Gasteiger partial charge on any atom is -0.466 e. The van der Waals surface area contributed by atoms with Crippen LogP contribution < -0.4 is 10.6 Å². The van der Waals surface area contributed by atoms with Gasteiger partial charge in [-0.25, -0.2) is 4.79 Å². The van der Waals surface area contributed by atoms with Crippen molar-refractivity contribution in [1.29, 1.82) is 0 Å². The van der Waals surface area contributed by atoms with E-state index < -0.39 is 47.1 Å². The molecule has 0 saturated carbocycles. The van der Waals surface area contributed by atoms with Gasteiger partial charge in [-0.1, -0.05) is 37.6 Å². The Morgan fingerprint density at radius 3 is 2.10 bits per heavy atom. The fraction of sp³-hybridized carbons (Fsp3) is 0.667. The van der Waals surface area contributed by atoms with E-state index >= 15 is 0 Å². The van der Waals surface area contributed by atoms with Crippen molar-refractivity contribution in [2.45, 2.75) is 112 Å². The number of carbonyl (C=O) groups is 4. The van der Waals surface area contributed by atoms with Gasteiger partial charge < -0.3 is 25.0 Å². The Hall–Kier alpha value is -3.10. The summed E-state index contributed by atoms with van der Waals surface area (Å²) in [7, 11) is 0. The molecule has 2 unspecified atom stereocenters. The lowest BCUT2D eigenvalue weighted by atomic mass is 9.91. The fourth-order valence-electron chi connectivity index (χ4n) is 4.30. The summed E-state index contributed by atoms with van der Waals surface area (Å²) in [5.41, 5.74) is 0.999. The summed E-state index contributed by atoms with van der Waals surface area (Å²) in [6, 6.07) is 3.79. The molecule has 0 fully saturated rings. The molecule has 9 nitrogen and oxygen atoms in total. The molecule has 0 aliphatic rings. The van der Waals surface area contributed by atoms with Gasteiger partial charge in [0.1, 0.15) is 17.7 Å². The third-order valence-corrected chi connectivity index (χ3v) is 5.82. The summed E-state index contributed by atoms with van der Waals surface area (Å²) >= 11 is 0. The van der Waals surface area contributed by atoms with Gasteiger partial charge >= 0.3 is 12.1 Å². The zero-order valence-corrected chi connectivity index (χ0v) is 25.7. The molecule has 220 valence electrons. The number of alkyl carbamates (subject to hydrolysis) is 1. The molecule has 0 aromatic heterocycles. The molecule has 1 aromatic carbocycles. The molecule has 3 amide bonds. The maximum absolute atomic E-state index is 14.3. The molecule has 0 radical (unpaired) electrons. The molecule has 0 aliphatic carbocycles. The van der Waals surface area contributed by atoms with Crippen LogP contribution >= 0.6 is 0 Å². The number of hydrogen-bond donors (Lipinski definition) is 2. The lowest BCUT2D eigenvalue weighted by molar-refractivity contribution is -0.149. The van der Waals surface area contributed by atoms with Gasteiger partial charge in [-0.15, -0.1) is 0 Å². The van der Waals surface area contributed by atoms with Crippen LogP contribution in [-0.4, -0.2) is 59.1 Å². The van der Waals surface area contributed by atoms with Crippen LogP contribution in [0.3, 0.4) is 0 Å². The molecule has 0 bridgehead atoms. The van der Waals surface area contributed by atoms with Gasteiger partial charge in [0.2, 0.25) is 11.8 Å². The van der Waals surface area contributed by atoms with Crippen molar-refractivity contribution in [3.05, 3.63) is 34.9 Å². The topological polar surface area (TPSA) is 114 Å². The molecule has 39 heavy (non-hydrogen) atoms. The van der Waals surface area contributed by atoms with Crippen LogP contribution in [0.15, 0.2) is 18.2 Å². The van der Waals surface area contributed by atoms with E-state index in [0.29, 0.717) is 12.0 Å². The maximum Gasteiger partial charge on any atom is 0.408 e. The molecule has 0 heterocycles. The highest BCUT2D eigenvalue weighted by Gasteiger charge is 2.42. The predicted octanol–water partition coefficient (Wildman–Crippen LogP) is 4.98. The minimum absolute atomic E-state index is 0.0127. The van der Waals surface area contributed by atoms with E-state index in [1.165, 1.54) is 4.90 Å². The standard InChI is InChI=1S/C30H49N3O6/c1-12-38-24(34)15-16-31-26(35)25(22-14-13-20(4)18-21(22)5)33(29(6,7)8)27(36)23(17-19(2)3)32-28(37)39-30(9,10)11/h13-14,18-19,23,25H,12,15-17H2,1-11H3,(H,31,35)(H,32,37). The molecule has 1 rings (SSSR count). The Labute approximate surface area is 234 Å². The third kappa shape index (κ3) is 11.3. The molecular weight excluding hydrogens is 498 g/mol. The van der Waals surface area contributed by atoms with E-state index in [9.17, 15) is 19.2 Å². The second-order valence-corrected chi connectivity index (χ2v) is 12.3. The van der Waals surface area contributed by atoms with Crippen molar-refractivity contribution in [3.8, 4) is 0 Å². The van der Waals surface area contributed by atoms with Crippen molar-refractivity contribution < 1.29 is 28.7 Å². The Morgan fingerprint density at radius 2 is 1.62 bits per heavy atom. The Balaban J connectivity index is 3.55. The van der Waals surface area contributed by atoms with Crippen LogP contribution in [0, 0.1) is 19.8 Å². The fourth-order valence-corrected chi connectivity index (χ4v) is 4.30. The quantitative estimate of drug-likeness (QED) is 0.378. The average molecular weight is 548 g/mol. The monoisotopic (exact) mass is 547 g/mol. The number of nitrogens with zero attached hydrogens (tertiary/aromatic N) is 1. The van der Waals surface area contributed by atoms with Gasteiger partial charge in [0.05, 0.1) is 13.0 Å². The van der Waals surface area contributed by atoms with E-state index in [-0.39, 0.29) is 25.5 Å². The van der Waals surface area contributed by atoms with Gasteiger partial charge in [0.25, 0.3) is 0 Å². The van der Waals surface area contributed by atoms with Crippen LogP contribution in [0.1, 0.15) is 97.9 Å². The highest BCUT2D eigenvalue weighted by atomic mass is 16.6. The molecular formula is C30H49N3O6. The van der Waals surface area contributed by atoms with Crippen molar-refractivity contribution in [1.82, 2.24) is 15.5 Å². The first kappa shape index (κ1) is 33.9. The molecule has 0 aliphatic heterocycles. The van der Waals surface area contributed by atoms with Gasteiger partial charge in [-0.3, -0.25) is 14.4 Å². The first-order chi connectivity index (χ1) is 17.9. The largest absolute Gasteiger partial charge is 0.466 e. The smallest absolute Gasteiger partial charge is 0.408 e. The second kappa shape index (κ2) is 14.3. The summed E-state index contributed by atoms with van der Waals surface area (Å²) in [5, 5.41) is 5.58. The summed E-state index contributed by atoms with van der Waals surface area (Å²) in [6.45, 7) is 20.6. The lowest BCUT2D eigenvalue weighted by Gasteiger charge is -2.43. The maximum atomic E-state index is 14.3. The highest BCUT2D eigenvalue weighted by Crippen LogP contribution is 2.33. The molecule has 0 saturated heterocycles. The zero-order chi connectivity index (χ0) is 30.1. The second-order valence-electron chi connectivity index (χ2n) is 12.3. The number of hydrogen-bond acceptors (Lipinski definition) is 6. The number of nitrogens with one attached hydrogen (secondary N) is 2. The van der Waals surface area contributed by atoms with Gasteiger partial charge in [0, 0.05) is 12.1 Å². The van der Waals surface area contributed by atoms with Crippen LogP contribution in [0.4, 0.5) is 4.79 Å². The van der Waals surface area contributed by atoms with E-state index in [2.05, 4.69) is 10.6 Å². The van der Waals surface area contributed by atoms with Gasteiger partial charge in [0.15, 0.2) is 0 Å². The van der Waals surface area contributed by atoms with E-state index in [1.807, 2.05) is 66.7 Å². The number of ether oxygens (including phenoxy) is 2. The first-order valence-corrected chi connectivity index (χ1v) is 13.7. The highest BCUT2D eigenvalue weighted by molar-refractivity contribution is 5.93. The van der Waals surface area contributed by atoms with Crippen molar-refractivity contribution in [2.24, 2.45) is 5.92 Å². The SMILES string of the molecule is CCOC(=O)CCNC(=O)C(c1ccc(C)cc1C)N(C(=O)C(CC(C)C)NC(=O)OC(C)(C)C)C(C)(C)C. The summed E-state index contributed by atoms with van der Waals surface area (Å²) in [5.74, 6) is -1.15. The number of amides is 3. The van der Waals surface area contributed by atoms with Gasteiger partial charge in [-0.2, -0.15) is 0 Å². The Bertz CT molecular complexity index is 1010. The number of carbonyl (C=O) groups excluding carboxylic acids is 4. The lowest BCUT2D eigenvalue weighted by Crippen LogP contribution is -2.59. The van der Waals surface area contributed by atoms with Crippen molar-refractivity contribution >= 4 is 23.9 Å². The van der Waals surface area contributed by atoms with Crippen LogP contribution in [0.25, 0.3) is 0 Å². The molecule has 1 aromatic rings. The zero-order valence-electron chi connectivity index (χ0n) is 25.7. The summed E-state index contributed by atoms with van der Waals surface area (Å²) < 4.78 is 10.4. The van der Waals surface area contributed by atoms with Gasteiger partial charge in [-0.05, 0) is 85.8 Å². The number of esters is 1. The number of aryl methyl sites for hydroxylation is 2.